The molecule has 6 rings (SSSR count). The summed E-state index contributed by atoms with van der Waals surface area (Å²) in [5.74, 6) is -2.60. The van der Waals surface area contributed by atoms with Crippen molar-refractivity contribution in [2.24, 2.45) is 11.8 Å². The van der Waals surface area contributed by atoms with Crippen LogP contribution in [0.3, 0.4) is 0 Å². The zero-order valence-corrected chi connectivity index (χ0v) is 23.9. The summed E-state index contributed by atoms with van der Waals surface area (Å²) in [6.45, 7) is 2.63. The molecule has 2 saturated carbocycles. The number of aromatic nitrogens is 4. The Balaban J connectivity index is 1.14. The summed E-state index contributed by atoms with van der Waals surface area (Å²) in [6, 6.07) is 7.32. The number of pyridine rings is 2. The van der Waals surface area contributed by atoms with E-state index in [1.54, 1.807) is 18.5 Å². The Morgan fingerprint density at radius 1 is 1.14 bits per heavy atom. The van der Waals surface area contributed by atoms with Gasteiger partial charge in [-0.05, 0) is 56.4 Å². The highest BCUT2D eigenvalue weighted by Gasteiger charge is 2.52. The van der Waals surface area contributed by atoms with Crippen LogP contribution in [0.5, 0.6) is 0 Å². The van der Waals surface area contributed by atoms with Gasteiger partial charge in [0.1, 0.15) is 0 Å². The number of carbonyl (C=O) groups is 1. The second-order valence-corrected chi connectivity index (χ2v) is 13.9. The van der Waals surface area contributed by atoms with Crippen LogP contribution >= 0.6 is 0 Å². The highest BCUT2D eigenvalue weighted by molar-refractivity contribution is 7.91. The van der Waals surface area contributed by atoms with Crippen molar-refractivity contribution in [2.75, 3.05) is 30.8 Å². The van der Waals surface area contributed by atoms with Crippen LogP contribution in [0, 0.1) is 11.8 Å². The summed E-state index contributed by atoms with van der Waals surface area (Å²) in [6.07, 6.45) is 1.06. The van der Waals surface area contributed by atoms with Crippen molar-refractivity contribution in [3.63, 3.8) is 0 Å². The van der Waals surface area contributed by atoms with Gasteiger partial charge in [0, 0.05) is 55.1 Å². The number of carbonyl (C=O) groups excluding carboxylic acids is 1. The van der Waals surface area contributed by atoms with Crippen molar-refractivity contribution in [3.05, 3.63) is 42.4 Å². The average molecular weight is 604 g/mol. The van der Waals surface area contributed by atoms with Crippen LogP contribution in [0.1, 0.15) is 37.8 Å². The van der Waals surface area contributed by atoms with Gasteiger partial charge in [-0.2, -0.15) is 13.2 Å². The van der Waals surface area contributed by atoms with Crippen LogP contribution in [-0.4, -0.2) is 77.1 Å². The lowest BCUT2D eigenvalue weighted by Gasteiger charge is -2.35. The number of hydrogen-bond donors (Lipinski definition) is 2. The maximum atomic E-state index is 13.4. The Kier molecular flexibility index (Phi) is 7.32. The molecule has 3 atom stereocenters. The lowest BCUT2D eigenvalue weighted by Crippen LogP contribution is -2.53. The van der Waals surface area contributed by atoms with Crippen molar-refractivity contribution < 1.29 is 26.4 Å². The molecule has 1 aliphatic heterocycles. The SMILES string of the molecule is CS(=O)(=O)C1CC(C(=O)NCc2cc3nc(-c4ccnc(N5CCNC6(CC6)C5)n4)ccc3cn2)CCC1C(F)(F)F. The lowest BCUT2D eigenvalue weighted by atomic mass is 9.80. The zero-order valence-electron chi connectivity index (χ0n) is 23.1. The largest absolute Gasteiger partial charge is 0.393 e. The van der Waals surface area contributed by atoms with Gasteiger partial charge in [0.15, 0.2) is 9.84 Å². The fourth-order valence-corrected chi connectivity index (χ4v) is 7.56. The highest BCUT2D eigenvalue weighted by Crippen LogP contribution is 2.43. The minimum Gasteiger partial charge on any atom is -0.350 e. The maximum absolute atomic E-state index is 13.4. The quantitative estimate of drug-likeness (QED) is 0.437. The third-order valence-electron chi connectivity index (χ3n) is 8.62. The lowest BCUT2D eigenvalue weighted by molar-refractivity contribution is -0.183. The molecule has 14 heteroatoms. The van der Waals surface area contributed by atoms with Crippen molar-refractivity contribution in [1.82, 2.24) is 30.6 Å². The second-order valence-electron chi connectivity index (χ2n) is 11.7. The highest BCUT2D eigenvalue weighted by atomic mass is 32.2. The molecule has 3 aromatic heterocycles. The van der Waals surface area contributed by atoms with Gasteiger partial charge >= 0.3 is 6.18 Å². The summed E-state index contributed by atoms with van der Waals surface area (Å²) < 4.78 is 64.5. The number of piperazine rings is 1. The first-order chi connectivity index (χ1) is 19.9. The van der Waals surface area contributed by atoms with E-state index in [1.807, 2.05) is 18.2 Å². The number of fused-ring (bicyclic) bond motifs is 1. The molecule has 1 spiro atoms. The monoisotopic (exact) mass is 603 g/mol. The van der Waals surface area contributed by atoms with Crippen molar-refractivity contribution >= 4 is 32.6 Å². The molecule has 0 radical (unpaired) electrons. The van der Waals surface area contributed by atoms with Crippen LogP contribution in [0.2, 0.25) is 0 Å². The molecule has 2 N–H and O–H groups in total. The Hall–Kier alpha value is -3.39. The Labute approximate surface area is 241 Å². The number of sulfone groups is 1. The molecule has 42 heavy (non-hydrogen) atoms. The third kappa shape index (κ3) is 6.05. The molecule has 3 aliphatic rings. The van der Waals surface area contributed by atoms with Gasteiger partial charge in [0.2, 0.25) is 11.9 Å². The Morgan fingerprint density at radius 2 is 1.93 bits per heavy atom. The second kappa shape index (κ2) is 10.7. The van der Waals surface area contributed by atoms with Crippen LogP contribution in [-0.2, 0) is 21.2 Å². The molecule has 3 fully saturated rings. The first-order valence-electron chi connectivity index (χ1n) is 14.0. The predicted molar refractivity (Wildman–Crippen MR) is 150 cm³/mol. The topological polar surface area (TPSA) is 130 Å². The minimum atomic E-state index is -4.63. The summed E-state index contributed by atoms with van der Waals surface area (Å²) in [5, 5.41) is 5.47. The van der Waals surface area contributed by atoms with Gasteiger partial charge in [-0.3, -0.25) is 9.78 Å². The van der Waals surface area contributed by atoms with E-state index in [9.17, 15) is 26.4 Å². The number of nitrogens with one attached hydrogen (secondary N) is 2. The van der Waals surface area contributed by atoms with E-state index in [0.717, 1.165) is 44.1 Å². The number of nitrogens with zero attached hydrogens (tertiary/aromatic N) is 5. The molecule has 10 nitrogen and oxygen atoms in total. The van der Waals surface area contributed by atoms with Gasteiger partial charge in [-0.1, -0.05) is 0 Å². The molecule has 224 valence electrons. The molecule has 1 amide bonds. The zero-order chi connectivity index (χ0) is 29.7. The molecule has 2 aliphatic carbocycles. The molecule has 3 aromatic rings. The van der Waals surface area contributed by atoms with Crippen molar-refractivity contribution in [1.29, 1.82) is 0 Å². The maximum Gasteiger partial charge on any atom is 0.393 e. The van der Waals surface area contributed by atoms with Crippen LogP contribution < -0.4 is 15.5 Å². The first-order valence-corrected chi connectivity index (χ1v) is 16.0. The Morgan fingerprint density at radius 3 is 2.67 bits per heavy atom. The Bertz CT molecular complexity index is 1610. The molecule has 4 heterocycles. The summed E-state index contributed by atoms with van der Waals surface area (Å²) in [4.78, 5) is 33.5. The predicted octanol–water partition coefficient (Wildman–Crippen LogP) is 3.04. The summed E-state index contributed by atoms with van der Waals surface area (Å²) in [5.41, 5.74) is 2.70. The van der Waals surface area contributed by atoms with E-state index >= 15 is 0 Å². The third-order valence-corrected chi connectivity index (χ3v) is 10.2. The number of anilines is 1. The van der Waals surface area contributed by atoms with Gasteiger partial charge in [-0.15, -0.1) is 0 Å². The minimum absolute atomic E-state index is 0.0336. The molecular weight excluding hydrogens is 571 g/mol. The van der Waals surface area contributed by atoms with E-state index in [0.29, 0.717) is 28.5 Å². The normalized spacial score (nSPS) is 24.1. The fourth-order valence-electron chi connectivity index (χ4n) is 6.09. The summed E-state index contributed by atoms with van der Waals surface area (Å²) in [7, 11) is -3.99. The number of amides is 1. The standard InChI is InChI=1S/C28H32F3N7O3S/c1-42(40,41)24-12-17(2-4-20(24)28(29,30)31)25(39)34-15-19-13-23-18(14-33-19)3-5-21(36-23)22-6-9-32-26(37-22)38-11-10-35-27(16-38)7-8-27/h3,5-6,9,13-14,17,20,24,35H,2,4,7-8,10-12,15-16H2,1H3,(H,34,39). The van der Waals surface area contributed by atoms with Crippen LogP contribution in [0.25, 0.3) is 22.3 Å². The van der Waals surface area contributed by atoms with E-state index in [1.165, 1.54) is 0 Å². The van der Waals surface area contributed by atoms with E-state index < -0.39 is 45.4 Å². The number of halogens is 3. The van der Waals surface area contributed by atoms with Crippen molar-refractivity contribution in [2.45, 2.75) is 55.6 Å². The van der Waals surface area contributed by atoms with Gasteiger partial charge < -0.3 is 15.5 Å². The number of hydrogen-bond acceptors (Lipinski definition) is 9. The van der Waals surface area contributed by atoms with Crippen LogP contribution in [0.15, 0.2) is 36.7 Å². The number of alkyl halides is 3. The molecule has 1 saturated heterocycles. The van der Waals surface area contributed by atoms with E-state index in [2.05, 4.69) is 25.5 Å². The van der Waals surface area contributed by atoms with Crippen LogP contribution in [0.4, 0.5) is 19.1 Å². The smallest absolute Gasteiger partial charge is 0.350 e. The van der Waals surface area contributed by atoms with Gasteiger partial charge in [-0.25, -0.2) is 23.4 Å². The van der Waals surface area contributed by atoms with Crippen molar-refractivity contribution in [3.8, 4) is 11.4 Å². The van der Waals surface area contributed by atoms with E-state index in [-0.39, 0.29) is 24.9 Å². The average Bonchev–Trinajstić information content (AvgIpc) is 3.72. The van der Waals surface area contributed by atoms with Gasteiger partial charge in [0.05, 0.1) is 40.3 Å². The van der Waals surface area contributed by atoms with Gasteiger partial charge in [0.25, 0.3) is 0 Å². The summed E-state index contributed by atoms with van der Waals surface area (Å²) >= 11 is 0. The molecule has 3 unspecified atom stereocenters. The first kappa shape index (κ1) is 28.7. The molecular formula is C28H32F3N7O3S. The number of rotatable bonds is 6. The van der Waals surface area contributed by atoms with E-state index in [4.69, 9.17) is 9.97 Å². The molecule has 0 aromatic carbocycles. The fraction of sp³-hybridized carbons (Fsp3) is 0.536. The molecule has 0 bridgehead atoms.